The zero-order valence-electron chi connectivity index (χ0n) is 18.8. The van der Waals surface area contributed by atoms with Crippen LogP contribution in [-0.2, 0) is 23.1 Å². The minimum absolute atomic E-state index is 0.0865. The van der Waals surface area contributed by atoms with Gasteiger partial charge in [0.15, 0.2) is 11.6 Å². The summed E-state index contributed by atoms with van der Waals surface area (Å²) in [6.07, 6.45) is -1.13. The molecule has 0 aliphatic heterocycles. The summed E-state index contributed by atoms with van der Waals surface area (Å²) < 4.78 is 59.2. The second-order valence-corrected chi connectivity index (χ2v) is 8.74. The Bertz CT molecular complexity index is 1380. The summed E-state index contributed by atoms with van der Waals surface area (Å²) in [7, 11) is 0. The van der Waals surface area contributed by atoms with Crippen molar-refractivity contribution in [1.29, 1.82) is 0 Å². The molecule has 184 valence electrons. The second-order valence-electron chi connectivity index (χ2n) is 8.74. The van der Waals surface area contributed by atoms with Crippen LogP contribution >= 0.6 is 0 Å². The molecule has 0 spiro atoms. The number of anilines is 1. The predicted octanol–water partition coefficient (Wildman–Crippen LogP) is 5.64. The van der Waals surface area contributed by atoms with Crippen molar-refractivity contribution in [1.82, 2.24) is 15.1 Å². The lowest BCUT2D eigenvalue weighted by molar-refractivity contribution is -0.165. The third-order valence-electron chi connectivity index (χ3n) is 6.18. The van der Waals surface area contributed by atoms with Crippen molar-refractivity contribution in [2.24, 2.45) is 0 Å². The average Bonchev–Trinajstić information content (AvgIpc) is 3.55. The van der Waals surface area contributed by atoms with Crippen LogP contribution in [0, 0.1) is 5.82 Å². The van der Waals surface area contributed by atoms with E-state index < -0.39 is 23.3 Å². The molecule has 10 heteroatoms. The number of benzene rings is 2. The molecular formula is C26H20F4N4O2. The number of carbonyl (C=O) groups is 1. The van der Waals surface area contributed by atoms with Gasteiger partial charge in [-0.3, -0.25) is 14.8 Å². The molecular weight excluding hydrogens is 476 g/mol. The molecule has 6 nitrogen and oxygen atoms in total. The zero-order valence-corrected chi connectivity index (χ0v) is 18.8. The molecule has 1 aliphatic rings. The molecule has 0 radical (unpaired) electrons. The summed E-state index contributed by atoms with van der Waals surface area (Å²) in [4.78, 5) is 21.1. The minimum Gasteiger partial charge on any atom is -0.358 e. The van der Waals surface area contributed by atoms with Gasteiger partial charge in [0.25, 0.3) is 0 Å². The molecule has 0 unspecified atom stereocenters. The highest BCUT2D eigenvalue weighted by atomic mass is 19.4. The summed E-state index contributed by atoms with van der Waals surface area (Å²) in [5.74, 6) is -1.73. The maximum atomic E-state index is 14.7. The number of nitrogens with one attached hydrogen (secondary N) is 1. The van der Waals surface area contributed by atoms with Gasteiger partial charge in [-0.15, -0.1) is 0 Å². The van der Waals surface area contributed by atoms with Crippen molar-refractivity contribution in [2.45, 2.75) is 37.3 Å². The number of halogens is 4. The standard InChI is InChI=1S/C26H20F4N4O2/c27-20-11-18(21-15-31-19(14-32-21)10-16-4-2-1-3-5-16)7-6-17(20)12-24(35)33-23-13-22(36-34-23)25(8-9-25)26(28,29)30/h1-7,11,13-15H,8-10,12H2,(H,33,34,35). The number of nitrogens with zero attached hydrogens (tertiary/aromatic N) is 3. The average molecular weight is 496 g/mol. The Balaban J connectivity index is 1.22. The molecule has 0 atom stereocenters. The molecule has 36 heavy (non-hydrogen) atoms. The van der Waals surface area contributed by atoms with E-state index >= 15 is 0 Å². The Morgan fingerprint density at radius 2 is 1.81 bits per heavy atom. The number of amides is 1. The Hall–Kier alpha value is -4.08. The van der Waals surface area contributed by atoms with E-state index in [0.717, 1.165) is 17.3 Å². The van der Waals surface area contributed by atoms with Gasteiger partial charge in [-0.1, -0.05) is 47.6 Å². The van der Waals surface area contributed by atoms with Crippen molar-refractivity contribution in [3.8, 4) is 11.3 Å². The molecule has 1 fully saturated rings. The number of hydrogen-bond donors (Lipinski definition) is 1. The van der Waals surface area contributed by atoms with E-state index in [-0.39, 0.29) is 36.4 Å². The molecule has 2 heterocycles. The minimum atomic E-state index is -4.45. The van der Waals surface area contributed by atoms with Gasteiger partial charge in [0, 0.05) is 24.2 Å². The summed E-state index contributed by atoms with van der Waals surface area (Å²) in [6, 6.07) is 15.2. The van der Waals surface area contributed by atoms with E-state index in [1.165, 1.54) is 12.1 Å². The fourth-order valence-corrected chi connectivity index (χ4v) is 3.96. The van der Waals surface area contributed by atoms with Crippen molar-refractivity contribution >= 4 is 11.7 Å². The first-order chi connectivity index (χ1) is 17.2. The van der Waals surface area contributed by atoms with Gasteiger partial charge in [0.05, 0.1) is 24.0 Å². The molecule has 1 amide bonds. The van der Waals surface area contributed by atoms with E-state index in [1.807, 2.05) is 30.3 Å². The first kappa shape index (κ1) is 23.7. The van der Waals surface area contributed by atoms with Crippen molar-refractivity contribution in [3.05, 3.63) is 95.4 Å². The number of alkyl halides is 3. The van der Waals surface area contributed by atoms with Crippen LogP contribution in [0.3, 0.4) is 0 Å². The first-order valence-electron chi connectivity index (χ1n) is 11.2. The van der Waals surface area contributed by atoms with Crippen LogP contribution in [0.1, 0.15) is 35.4 Å². The fourth-order valence-electron chi connectivity index (χ4n) is 3.96. The second kappa shape index (κ2) is 9.18. The highest BCUT2D eigenvalue weighted by molar-refractivity contribution is 5.91. The normalized spacial score (nSPS) is 14.4. The smallest absolute Gasteiger partial charge is 0.358 e. The van der Waals surface area contributed by atoms with Gasteiger partial charge in [-0.25, -0.2) is 4.39 Å². The summed E-state index contributed by atoms with van der Waals surface area (Å²) in [5.41, 5.74) is 0.935. The highest BCUT2D eigenvalue weighted by Crippen LogP contribution is 2.59. The van der Waals surface area contributed by atoms with Gasteiger partial charge in [-0.2, -0.15) is 13.2 Å². The van der Waals surface area contributed by atoms with Crippen LogP contribution in [-0.4, -0.2) is 27.2 Å². The number of rotatable bonds is 7. The molecule has 0 bridgehead atoms. The van der Waals surface area contributed by atoms with Gasteiger partial charge < -0.3 is 9.84 Å². The Labute approximate surface area is 203 Å². The van der Waals surface area contributed by atoms with Crippen LogP contribution in [0.25, 0.3) is 11.3 Å². The molecule has 2 aromatic heterocycles. The third kappa shape index (κ3) is 4.84. The summed E-state index contributed by atoms with van der Waals surface area (Å²) in [6.45, 7) is 0. The highest BCUT2D eigenvalue weighted by Gasteiger charge is 2.66. The molecule has 0 saturated heterocycles. The molecule has 2 aromatic carbocycles. The van der Waals surface area contributed by atoms with Crippen LogP contribution in [0.4, 0.5) is 23.4 Å². The van der Waals surface area contributed by atoms with E-state index in [1.54, 1.807) is 18.5 Å². The number of carbonyl (C=O) groups excluding carboxylic acids is 1. The Morgan fingerprint density at radius 3 is 2.44 bits per heavy atom. The zero-order chi connectivity index (χ0) is 25.3. The lowest BCUT2D eigenvalue weighted by Gasteiger charge is -2.14. The van der Waals surface area contributed by atoms with Gasteiger partial charge in [-0.05, 0) is 30.0 Å². The maximum Gasteiger partial charge on any atom is 0.401 e. The SMILES string of the molecule is O=C(Cc1ccc(-c2cnc(Cc3ccccc3)cn2)cc1F)Nc1cc(C2(C(F)(F)F)CC2)on1. The van der Waals surface area contributed by atoms with Gasteiger partial charge >= 0.3 is 6.18 Å². The van der Waals surface area contributed by atoms with Gasteiger partial charge in [0.2, 0.25) is 5.91 Å². The number of aromatic nitrogens is 3. The van der Waals surface area contributed by atoms with E-state index in [4.69, 9.17) is 4.52 Å². The first-order valence-corrected chi connectivity index (χ1v) is 11.2. The van der Waals surface area contributed by atoms with E-state index in [9.17, 15) is 22.4 Å². The van der Waals surface area contributed by atoms with Crippen LogP contribution < -0.4 is 5.32 Å². The topological polar surface area (TPSA) is 80.9 Å². The van der Waals surface area contributed by atoms with Crippen LogP contribution in [0.2, 0.25) is 0 Å². The van der Waals surface area contributed by atoms with Crippen molar-refractivity contribution in [3.63, 3.8) is 0 Å². The Morgan fingerprint density at radius 1 is 1.03 bits per heavy atom. The summed E-state index contributed by atoms with van der Waals surface area (Å²) >= 11 is 0. The molecule has 5 rings (SSSR count). The van der Waals surface area contributed by atoms with Gasteiger partial charge in [0.1, 0.15) is 11.2 Å². The Kier molecular flexibility index (Phi) is 6.03. The van der Waals surface area contributed by atoms with E-state index in [0.29, 0.717) is 17.7 Å². The third-order valence-corrected chi connectivity index (χ3v) is 6.18. The maximum absolute atomic E-state index is 14.7. The van der Waals surface area contributed by atoms with Crippen LogP contribution in [0.5, 0.6) is 0 Å². The molecule has 1 saturated carbocycles. The lowest BCUT2D eigenvalue weighted by atomic mass is 10.0. The van der Waals surface area contributed by atoms with E-state index in [2.05, 4.69) is 20.4 Å². The van der Waals surface area contributed by atoms with Crippen molar-refractivity contribution < 1.29 is 26.9 Å². The largest absolute Gasteiger partial charge is 0.401 e. The van der Waals surface area contributed by atoms with Crippen molar-refractivity contribution in [2.75, 3.05) is 5.32 Å². The number of hydrogen-bond acceptors (Lipinski definition) is 5. The quantitative estimate of drug-likeness (QED) is 0.335. The molecule has 1 N–H and O–H groups in total. The van der Waals surface area contributed by atoms with Crippen LogP contribution in [0.15, 0.2) is 71.5 Å². The fraction of sp³-hybridized carbons (Fsp3) is 0.231. The summed E-state index contributed by atoms with van der Waals surface area (Å²) in [5, 5.41) is 5.87. The molecule has 1 aliphatic carbocycles. The molecule has 4 aromatic rings. The lowest BCUT2D eigenvalue weighted by Crippen LogP contribution is -2.28. The monoisotopic (exact) mass is 496 g/mol. The predicted molar refractivity (Wildman–Crippen MR) is 122 cm³/mol.